The highest BCUT2D eigenvalue weighted by atomic mass is 16.6. The summed E-state index contributed by atoms with van der Waals surface area (Å²) in [4.78, 5) is 2.20. The highest BCUT2D eigenvalue weighted by Crippen LogP contribution is 2.19. The van der Waals surface area contributed by atoms with Crippen LogP contribution in [0, 0.1) is 0 Å². The molecule has 0 aromatic carbocycles. The SMILES string of the molecule is C1CO[C@H]2CCN2CO1. The summed E-state index contributed by atoms with van der Waals surface area (Å²) in [7, 11) is 0. The molecule has 0 aromatic rings. The van der Waals surface area contributed by atoms with Gasteiger partial charge < -0.3 is 9.47 Å². The van der Waals surface area contributed by atoms with Crippen molar-refractivity contribution >= 4 is 0 Å². The van der Waals surface area contributed by atoms with Gasteiger partial charge in [0.05, 0.1) is 13.2 Å². The van der Waals surface area contributed by atoms with Crippen LogP contribution in [0.1, 0.15) is 6.42 Å². The highest BCUT2D eigenvalue weighted by Gasteiger charge is 2.29. The molecule has 0 amide bonds. The third-order valence-electron chi connectivity index (χ3n) is 1.87. The summed E-state index contributed by atoms with van der Waals surface area (Å²) in [6, 6.07) is 0. The van der Waals surface area contributed by atoms with E-state index in [4.69, 9.17) is 9.47 Å². The molecule has 3 heteroatoms. The molecule has 0 aliphatic carbocycles. The lowest BCUT2D eigenvalue weighted by Gasteiger charge is -2.37. The molecule has 0 spiro atoms. The highest BCUT2D eigenvalue weighted by molar-refractivity contribution is 4.73. The van der Waals surface area contributed by atoms with Gasteiger partial charge in [-0.1, -0.05) is 0 Å². The van der Waals surface area contributed by atoms with Gasteiger partial charge in [0.15, 0.2) is 0 Å². The average molecular weight is 129 g/mol. The van der Waals surface area contributed by atoms with Crippen molar-refractivity contribution < 1.29 is 9.47 Å². The zero-order valence-corrected chi connectivity index (χ0v) is 5.38. The molecule has 1 atom stereocenters. The second-order valence-corrected chi connectivity index (χ2v) is 2.46. The van der Waals surface area contributed by atoms with Crippen LogP contribution in [0.25, 0.3) is 0 Å². The zero-order chi connectivity index (χ0) is 6.10. The number of hydrogen-bond donors (Lipinski definition) is 0. The maximum absolute atomic E-state index is 5.40. The molecule has 52 valence electrons. The van der Waals surface area contributed by atoms with Crippen molar-refractivity contribution in [1.29, 1.82) is 0 Å². The summed E-state index contributed by atoms with van der Waals surface area (Å²) in [6.07, 6.45) is 1.57. The number of fused-ring (bicyclic) bond motifs is 1. The van der Waals surface area contributed by atoms with Crippen molar-refractivity contribution in [1.82, 2.24) is 4.90 Å². The van der Waals surface area contributed by atoms with E-state index in [0.717, 1.165) is 26.5 Å². The molecule has 2 heterocycles. The van der Waals surface area contributed by atoms with Crippen molar-refractivity contribution in [3.63, 3.8) is 0 Å². The first-order valence-electron chi connectivity index (χ1n) is 3.40. The Morgan fingerprint density at radius 2 is 2.33 bits per heavy atom. The van der Waals surface area contributed by atoms with Gasteiger partial charge in [-0.15, -0.1) is 0 Å². The van der Waals surface area contributed by atoms with Crippen LogP contribution in [0.15, 0.2) is 0 Å². The smallest absolute Gasteiger partial charge is 0.113 e. The van der Waals surface area contributed by atoms with E-state index in [1.807, 2.05) is 0 Å². The molecule has 2 aliphatic rings. The molecule has 2 saturated heterocycles. The second kappa shape index (κ2) is 2.25. The van der Waals surface area contributed by atoms with Gasteiger partial charge in [0.25, 0.3) is 0 Å². The fourth-order valence-corrected chi connectivity index (χ4v) is 1.18. The van der Waals surface area contributed by atoms with Crippen LogP contribution in [0.3, 0.4) is 0 Å². The maximum atomic E-state index is 5.40. The number of ether oxygens (including phenoxy) is 2. The van der Waals surface area contributed by atoms with Gasteiger partial charge in [-0.3, -0.25) is 4.90 Å². The Kier molecular flexibility index (Phi) is 1.41. The van der Waals surface area contributed by atoms with E-state index in [1.54, 1.807) is 0 Å². The number of nitrogens with zero attached hydrogens (tertiary/aromatic N) is 1. The molecule has 0 unspecified atom stereocenters. The Hall–Kier alpha value is -0.120. The van der Waals surface area contributed by atoms with Crippen LogP contribution in [-0.4, -0.2) is 37.6 Å². The van der Waals surface area contributed by atoms with E-state index in [-0.39, 0.29) is 0 Å². The fraction of sp³-hybridized carbons (Fsp3) is 1.00. The topological polar surface area (TPSA) is 21.7 Å². The minimum Gasteiger partial charge on any atom is -0.364 e. The first kappa shape index (κ1) is 5.65. The predicted molar refractivity (Wildman–Crippen MR) is 31.9 cm³/mol. The monoisotopic (exact) mass is 129 g/mol. The van der Waals surface area contributed by atoms with Gasteiger partial charge in [-0.05, 0) is 0 Å². The summed E-state index contributed by atoms with van der Waals surface area (Å²) in [5, 5.41) is 0. The number of rotatable bonds is 0. The van der Waals surface area contributed by atoms with Crippen molar-refractivity contribution in [3.05, 3.63) is 0 Å². The Balaban J connectivity index is 1.90. The van der Waals surface area contributed by atoms with Crippen LogP contribution >= 0.6 is 0 Å². The molecule has 2 rings (SSSR count). The minimum atomic E-state index is 0.382. The second-order valence-electron chi connectivity index (χ2n) is 2.46. The minimum absolute atomic E-state index is 0.382. The molecule has 2 aliphatic heterocycles. The molecular formula is C6H11NO2. The lowest BCUT2D eigenvalue weighted by molar-refractivity contribution is -0.119. The van der Waals surface area contributed by atoms with Gasteiger partial charge in [0.2, 0.25) is 0 Å². The van der Waals surface area contributed by atoms with Crippen LogP contribution in [-0.2, 0) is 9.47 Å². The Morgan fingerprint density at radius 3 is 3.11 bits per heavy atom. The van der Waals surface area contributed by atoms with Crippen LogP contribution < -0.4 is 0 Å². The molecule has 0 N–H and O–H groups in total. The Labute approximate surface area is 54.5 Å². The van der Waals surface area contributed by atoms with Crippen LogP contribution in [0.2, 0.25) is 0 Å². The van der Waals surface area contributed by atoms with E-state index in [9.17, 15) is 0 Å². The van der Waals surface area contributed by atoms with Gasteiger partial charge in [0.1, 0.15) is 13.0 Å². The van der Waals surface area contributed by atoms with Crippen molar-refractivity contribution in [3.8, 4) is 0 Å². The first-order valence-corrected chi connectivity index (χ1v) is 3.40. The third-order valence-corrected chi connectivity index (χ3v) is 1.87. The average Bonchev–Trinajstić information content (AvgIpc) is 1.94. The van der Waals surface area contributed by atoms with Crippen LogP contribution in [0.4, 0.5) is 0 Å². The molecule has 2 fully saturated rings. The van der Waals surface area contributed by atoms with Crippen molar-refractivity contribution in [2.24, 2.45) is 0 Å². The summed E-state index contributed by atoms with van der Waals surface area (Å²) >= 11 is 0. The Bertz CT molecular complexity index is 95.2. The van der Waals surface area contributed by atoms with Gasteiger partial charge in [-0.2, -0.15) is 0 Å². The summed E-state index contributed by atoms with van der Waals surface area (Å²) in [5.74, 6) is 0. The predicted octanol–water partition coefficient (Wildman–Crippen LogP) is 0.0225. The van der Waals surface area contributed by atoms with Crippen LogP contribution in [0.5, 0.6) is 0 Å². The molecule has 9 heavy (non-hydrogen) atoms. The quantitative estimate of drug-likeness (QED) is 0.460. The van der Waals surface area contributed by atoms with Crippen molar-refractivity contribution in [2.75, 3.05) is 26.5 Å². The lowest BCUT2D eigenvalue weighted by atomic mass is 10.2. The fourth-order valence-electron chi connectivity index (χ4n) is 1.18. The lowest BCUT2D eigenvalue weighted by Crippen LogP contribution is -2.48. The van der Waals surface area contributed by atoms with E-state index in [0.29, 0.717) is 6.23 Å². The molecule has 0 bridgehead atoms. The standard InChI is InChI=1S/C6H11NO2/c1-2-7-5-8-3-4-9-6(1)7/h6H,1-5H2/t6-/m0/s1. The van der Waals surface area contributed by atoms with E-state index >= 15 is 0 Å². The molecule has 0 aromatic heterocycles. The molecule has 3 nitrogen and oxygen atoms in total. The molecule has 0 radical (unpaired) electrons. The number of hydrogen-bond acceptors (Lipinski definition) is 3. The first-order chi connectivity index (χ1) is 4.47. The summed E-state index contributed by atoms with van der Waals surface area (Å²) < 4.78 is 10.6. The molecule has 0 saturated carbocycles. The maximum Gasteiger partial charge on any atom is 0.113 e. The summed E-state index contributed by atoms with van der Waals surface area (Å²) in [5.41, 5.74) is 0. The largest absolute Gasteiger partial charge is 0.364 e. The van der Waals surface area contributed by atoms with Crippen molar-refractivity contribution in [2.45, 2.75) is 12.6 Å². The van der Waals surface area contributed by atoms with E-state index in [2.05, 4.69) is 4.90 Å². The zero-order valence-electron chi connectivity index (χ0n) is 5.38. The molecular weight excluding hydrogens is 118 g/mol. The van der Waals surface area contributed by atoms with Gasteiger partial charge >= 0.3 is 0 Å². The summed E-state index contributed by atoms with van der Waals surface area (Å²) in [6.45, 7) is 3.43. The third kappa shape index (κ3) is 0.956. The normalized spacial score (nSPS) is 36.7. The van der Waals surface area contributed by atoms with E-state index in [1.165, 1.54) is 6.42 Å². The Morgan fingerprint density at radius 1 is 1.33 bits per heavy atom. The van der Waals surface area contributed by atoms with Gasteiger partial charge in [-0.25, -0.2) is 0 Å². The van der Waals surface area contributed by atoms with E-state index < -0.39 is 0 Å². The van der Waals surface area contributed by atoms with Gasteiger partial charge in [0, 0.05) is 13.0 Å².